The van der Waals surface area contributed by atoms with Gasteiger partial charge in [-0.2, -0.15) is 5.10 Å². The van der Waals surface area contributed by atoms with E-state index in [1.807, 2.05) is 7.05 Å². The zero-order valence-electron chi connectivity index (χ0n) is 12.3. The van der Waals surface area contributed by atoms with E-state index < -0.39 is 0 Å². The fraction of sp³-hybridized carbons (Fsp3) is 0.467. The first-order valence-electron chi connectivity index (χ1n) is 7.28. The number of ether oxygens (including phenoxy) is 1. The van der Waals surface area contributed by atoms with E-state index in [4.69, 9.17) is 4.74 Å². The smallest absolute Gasteiger partial charge is 0.164 e. The van der Waals surface area contributed by atoms with Crippen LogP contribution in [0.4, 0.5) is 5.69 Å². The largest absolute Gasteiger partial charge is 0.378 e. The Labute approximate surface area is 124 Å². The number of aryl methyl sites for hydroxylation is 1. The lowest BCUT2D eigenvalue weighted by Gasteiger charge is -2.28. The van der Waals surface area contributed by atoms with Crippen molar-refractivity contribution in [1.29, 1.82) is 0 Å². The van der Waals surface area contributed by atoms with Crippen molar-refractivity contribution in [3.05, 3.63) is 42.0 Å². The Morgan fingerprint density at radius 1 is 1.14 bits per heavy atom. The highest BCUT2D eigenvalue weighted by Gasteiger charge is 2.10. The maximum Gasteiger partial charge on any atom is 0.164 e. The molecule has 1 aliphatic heterocycles. The molecule has 112 valence electrons. The van der Waals surface area contributed by atoms with Gasteiger partial charge in [-0.15, -0.1) is 0 Å². The Morgan fingerprint density at radius 2 is 1.90 bits per heavy atom. The summed E-state index contributed by atoms with van der Waals surface area (Å²) >= 11 is 0. The molecule has 6 nitrogen and oxygen atoms in total. The number of rotatable bonds is 5. The molecule has 6 heteroatoms. The number of nitrogens with one attached hydrogen (secondary N) is 1. The molecule has 2 heterocycles. The first kappa shape index (κ1) is 14.0. The van der Waals surface area contributed by atoms with Crippen molar-refractivity contribution in [2.45, 2.75) is 13.1 Å². The number of anilines is 1. The molecule has 1 aromatic carbocycles. The molecule has 1 aliphatic rings. The van der Waals surface area contributed by atoms with E-state index in [0.717, 1.165) is 38.7 Å². The molecule has 1 N–H and O–H groups in total. The standard InChI is InChI=1S/C15H21N5O/c1-19-12-17-15(18-19)11-16-10-13-2-4-14(5-3-13)20-6-8-21-9-7-20/h2-5,12,16H,6-11H2,1H3. The zero-order chi connectivity index (χ0) is 14.5. The first-order valence-corrected chi connectivity index (χ1v) is 7.28. The number of hydrogen-bond acceptors (Lipinski definition) is 5. The minimum atomic E-state index is 0.687. The minimum absolute atomic E-state index is 0.687. The molecule has 0 unspecified atom stereocenters. The monoisotopic (exact) mass is 287 g/mol. The van der Waals surface area contributed by atoms with Crippen molar-refractivity contribution < 1.29 is 4.74 Å². The summed E-state index contributed by atoms with van der Waals surface area (Å²) < 4.78 is 7.09. The third kappa shape index (κ3) is 3.80. The van der Waals surface area contributed by atoms with E-state index >= 15 is 0 Å². The van der Waals surface area contributed by atoms with E-state index in [2.05, 4.69) is 44.6 Å². The molecule has 2 aromatic rings. The highest BCUT2D eigenvalue weighted by atomic mass is 16.5. The van der Waals surface area contributed by atoms with Crippen LogP contribution in [0, 0.1) is 0 Å². The molecule has 3 rings (SSSR count). The third-order valence-electron chi connectivity index (χ3n) is 3.57. The van der Waals surface area contributed by atoms with Crippen LogP contribution in [0.25, 0.3) is 0 Å². The lowest BCUT2D eigenvalue weighted by molar-refractivity contribution is 0.122. The Bertz CT molecular complexity index is 560. The lowest BCUT2D eigenvalue weighted by atomic mass is 10.2. The molecule has 0 radical (unpaired) electrons. The first-order chi connectivity index (χ1) is 10.3. The highest BCUT2D eigenvalue weighted by Crippen LogP contribution is 2.16. The van der Waals surface area contributed by atoms with Crippen molar-refractivity contribution in [2.75, 3.05) is 31.2 Å². The van der Waals surface area contributed by atoms with Gasteiger partial charge in [-0.05, 0) is 17.7 Å². The average Bonchev–Trinajstić information content (AvgIpc) is 2.94. The van der Waals surface area contributed by atoms with Crippen molar-refractivity contribution in [1.82, 2.24) is 20.1 Å². The fourth-order valence-electron chi connectivity index (χ4n) is 2.43. The van der Waals surface area contributed by atoms with Crippen LogP contribution < -0.4 is 10.2 Å². The second-order valence-corrected chi connectivity index (χ2v) is 5.20. The summed E-state index contributed by atoms with van der Waals surface area (Å²) in [5.74, 6) is 0.822. The molecule has 1 saturated heterocycles. The number of aromatic nitrogens is 3. The molecular weight excluding hydrogens is 266 g/mol. The summed E-state index contributed by atoms with van der Waals surface area (Å²) in [6.45, 7) is 5.10. The van der Waals surface area contributed by atoms with Crippen molar-refractivity contribution in [2.24, 2.45) is 7.05 Å². The lowest BCUT2D eigenvalue weighted by Crippen LogP contribution is -2.36. The minimum Gasteiger partial charge on any atom is -0.378 e. The summed E-state index contributed by atoms with van der Waals surface area (Å²) in [5, 5.41) is 7.60. The average molecular weight is 287 g/mol. The maximum atomic E-state index is 5.38. The molecule has 0 atom stereocenters. The van der Waals surface area contributed by atoms with Gasteiger partial charge in [0, 0.05) is 32.4 Å². The van der Waals surface area contributed by atoms with E-state index in [1.165, 1.54) is 11.3 Å². The van der Waals surface area contributed by atoms with Gasteiger partial charge >= 0.3 is 0 Å². The van der Waals surface area contributed by atoms with Crippen LogP contribution in [0.2, 0.25) is 0 Å². The molecule has 0 spiro atoms. The van der Waals surface area contributed by atoms with Crippen molar-refractivity contribution in [3.8, 4) is 0 Å². The molecule has 0 aliphatic carbocycles. The van der Waals surface area contributed by atoms with Crippen molar-refractivity contribution in [3.63, 3.8) is 0 Å². The molecule has 0 amide bonds. The molecule has 21 heavy (non-hydrogen) atoms. The van der Waals surface area contributed by atoms with E-state index in [9.17, 15) is 0 Å². The van der Waals surface area contributed by atoms with Crippen LogP contribution >= 0.6 is 0 Å². The quantitative estimate of drug-likeness (QED) is 0.887. The maximum absolute atomic E-state index is 5.38. The van der Waals surface area contributed by atoms with Gasteiger partial charge in [-0.1, -0.05) is 12.1 Å². The molecule has 0 saturated carbocycles. The summed E-state index contributed by atoms with van der Waals surface area (Å²) in [5.41, 5.74) is 2.54. The van der Waals surface area contributed by atoms with Crippen LogP contribution in [0.5, 0.6) is 0 Å². The second kappa shape index (κ2) is 6.69. The van der Waals surface area contributed by atoms with Crippen molar-refractivity contribution >= 4 is 5.69 Å². The van der Waals surface area contributed by atoms with Gasteiger partial charge in [0.25, 0.3) is 0 Å². The van der Waals surface area contributed by atoms with Gasteiger partial charge < -0.3 is 15.0 Å². The van der Waals surface area contributed by atoms with Crippen LogP contribution in [0.1, 0.15) is 11.4 Å². The van der Waals surface area contributed by atoms with Gasteiger partial charge in [0.2, 0.25) is 0 Å². The number of nitrogens with zero attached hydrogens (tertiary/aromatic N) is 4. The van der Waals surface area contributed by atoms with E-state index in [0.29, 0.717) is 6.54 Å². The Hall–Kier alpha value is -1.92. The normalized spacial score (nSPS) is 15.4. The summed E-state index contributed by atoms with van der Waals surface area (Å²) in [4.78, 5) is 6.55. The fourth-order valence-corrected chi connectivity index (χ4v) is 2.43. The van der Waals surface area contributed by atoms with Crippen LogP contribution in [0.15, 0.2) is 30.6 Å². The predicted molar refractivity (Wildman–Crippen MR) is 81.0 cm³/mol. The Morgan fingerprint density at radius 3 is 2.57 bits per heavy atom. The Balaban J connectivity index is 1.49. The number of hydrogen-bond donors (Lipinski definition) is 1. The van der Waals surface area contributed by atoms with Gasteiger partial charge in [-0.25, -0.2) is 4.98 Å². The van der Waals surface area contributed by atoms with Crippen LogP contribution in [-0.4, -0.2) is 41.1 Å². The third-order valence-corrected chi connectivity index (χ3v) is 3.57. The SMILES string of the molecule is Cn1cnc(CNCc2ccc(N3CCOCC3)cc2)n1. The molecular formula is C15H21N5O. The summed E-state index contributed by atoms with van der Waals surface area (Å²) in [7, 11) is 1.88. The predicted octanol–water partition coefficient (Wildman–Crippen LogP) is 0.941. The molecule has 1 aromatic heterocycles. The second-order valence-electron chi connectivity index (χ2n) is 5.20. The highest BCUT2D eigenvalue weighted by molar-refractivity contribution is 5.47. The Kier molecular flexibility index (Phi) is 4.47. The number of morpholine rings is 1. The van der Waals surface area contributed by atoms with Crippen LogP contribution in [-0.2, 0) is 24.9 Å². The van der Waals surface area contributed by atoms with E-state index in [-0.39, 0.29) is 0 Å². The van der Waals surface area contributed by atoms with E-state index in [1.54, 1.807) is 11.0 Å². The van der Waals surface area contributed by atoms with Gasteiger partial charge in [0.05, 0.1) is 19.8 Å². The number of benzene rings is 1. The topological polar surface area (TPSA) is 55.2 Å². The summed E-state index contributed by atoms with van der Waals surface area (Å²) in [6, 6.07) is 8.70. The van der Waals surface area contributed by atoms with Gasteiger partial charge in [0.1, 0.15) is 6.33 Å². The van der Waals surface area contributed by atoms with Gasteiger partial charge in [0.15, 0.2) is 5.82 Å². The zero-order valence-corrected chi connectivity index (χ0v) is 12.3. The molecule has 0 bridgehead atoms. The van der Waals surface area contributed by atoms with Gasteiger partial charge in [-0.3, -0.25) is 4.68 Å². The summed E-state index contributed by atoms with van der Waals surface area (Å²) in [6.07, 6.45) is 1.72. The molecule has 1 fully saturated rings. The van der Waals surface area contributed by atoms with Crippen LogP contribution in [0.3, 0.4) is 0 Å².